The molecule has 0 aromatic carbocycles. The van der Waals surface area contributed by atoms with Gasteiger partial charge in [0.2, 0.25) is 0 Å². The highest BCUT2D eigenvalue weighted by Crippen LogP contribution is 2.39. The van der Waals surface area contributed by atoms with E-state index < -0.39 is 11.8 Å². The second kappa shape index (κ2) is 5.32. The molecule has 1 fully saturated rings. The van der Waals surface area contributed by atoms with Crippen LogP contribution >= 0.6 is 0 Å². The van der Waals surface area contributed by atoms with Gasteiger partial charge in [0, 0.05) is 11.6 Å². The number of nitrogens with zero attached hydrogens (tertiary/aromatic N) is 1. The molecule has 2 amide bonds. The third-order valence-corrected chi connectivity index (χ3v) is 3.67. The highest BCUT2D eigenvalue weighted by atomic mass is 16.3. The average molecular weight is 273 g/mol. The number of amides is 2. The van der Waals surface area contributed by atoms with Crippen molar-refractivity contribution in [3.05, 3.63) is 36.3 Å². The van der Waals surface area contributed by atoms with Crippen molar-refractivity contribution in [2.45, 2.75) is 19.4 Å². The molecule has 0 bridgehead atoms. The van der Waals surface area contributed by atoms with Crippen LogP contribution in [-0.4, -0.2) is 17.5 Å². The zero-order chi connectivity index (χ0) is 13.9. The number of hydrogen-bond acceptors (Lipinski definition) is 4. The maximum atomic E-state index is 11.6. The van der Waals surface area contributed by atoms with Crippen LogP contribution in [0.5, 0.6) is 0 Å². The Labute approximate surface area is 115 Å². The maximum Gasteiger partial charge on any atom is 0.329 e. The van der Waals surface area contributed by atoms with Gasteiger partial charge in [0.1, 0.15) is 5.76 Å². The van der Waals surface area contributed by atoms with E-state index in [1.54, 1.807) is 12.1 Å². The summed E-state index contributed by atoms with van der Waals surface area (Å²) in [6.07, 6.45) is 7.67. The summed E-state index contributed by atoms with van der Waals surface area (Å²) in [5, 5.41) is 6.50. The first kappa shape index (κ1) is 12.7. The molecule has 2 N–H and O–H groups in total. The predicted octanol–water partition coefficient (Wildman–Crippen LogP) is 0.964. The molecule has 3 rings (SSSR count). The molecule has 6 heteroatoms. The summed E-state index contributed by atoms with van der Waals surface area (Å²) >= 11 is 0. The van der Waals surface area contributed by atoms with Crippen LogP contribution in [0.1, 0.15) is 18.6 Å². The molecule has 6 nitrogen and oxygen atoms in total. The van der Waals surface area contributed by atoms with Crippen molar-refractivity contribution in [1.82, 2.24) is 10.7 Å². The zero-order valence-electron chi connectivity index (χ0n) is 10.8. The van der Waals surface area contributed by atoms with Gasteiger partial charge in [-0.05, 0) is 30.9 Å². The van der Waals surface area contributed by atoms with Crippen molar-refractivity contribution < 1.29 is 14.0 Å². The molecular formula is C14H15N3O3. The molecule has 1 aromatic rings. The minimum atomic E-state index is -0.751. The fourth-order valence-electron chi connectivity index (χ4n) is 2.50. The Kier molecular flexibility index (Phi) is 3.37. The molecule has 2 aliphatic rings. The number of allylic oxidation sites excluding steroid dienone is 2. The number of nitrogens with one attached hydrogen (secondary N) is 2. The van der Waals surface area contributed by atoms with E-state index in [1.807, 2.05) is 0 Å². The molecule has 1 saturated carbocycles. The smallest absolute Gasteiger partial charge is 0.329 e. The Morgan fingerprint density at radius 1 is 1.40 bits per heavy atom. The SMILES string of the molecule is O=C(NCc1ccco1)C(=O)N/N=C1\C[C@@H]2C=CC[C@H]12. The van der Waals surface area contributed by atoms with Gasteiger partial charge in [-0.1, -0.05) is 12.2 Å². The van der Waals surface area contributed by atoms with E-state index in [9.17, 15) is 9.59 Å². The molecule has 0 unspecified atom stereocenters. The maximum absolute atomic E-state index is 11.6. The van der Waals surface area contributed by atoms with Crippen LogP contribution in [0.15, 0.2) is 40.1 Å². The highest BCUT2D eigenvalue weighted by molar-refractivity contribution is 6.35. The number of hydrogen-bond donors (Lipinski definition) is 2. The van der Waals surface area contributed by atoms with E-state index in [-0.39, 0.29) is 6.54 Å². The van der Waals surface area contributed by atoms with Crippen LogP contribution in [0.4, 0.5) is 0 Å². The molecule has 1 aromatic heterocycles. The zero-order valence-corrected chi connectivity index (χ0v) is 10.8. The number of carbonyl (C=O) groups excluding carboxylic acids is 2. The van der Waals surface area contributed by atoms with Crippen LogP contribution < -0.4 is 10.7 Å². The Hall–Kier alpha value is -2.37. The normalized spacial score (nSPS) is 25.1. The minimum Gasteiger partial charge on any atom is -0.467 e. The van der Waals surface area contributed by atoms with Crippen molar-refractivity contribution in [1.29, 1.82) is 0 Å². The summed E-state index contributed by atoms with van der Waals surface area (Å²) in [7, 11) is 0. The van der Waals surface area contributed by atoms with Crippen LogP contribution in [0.3, 0.4) is 0 Å². The fraction of sp³-hybridized carbons (Fsp3) is 0.357. The Morgan fingerprint density at radius 3 is 3.05 bits per heavy atom. The minimum absolute atomic E-state index is 0.185. The Balaban J connectivity index is 1.45. The lowest BCUT2D eigenvalue weighted by Crippen LogP contribution is -2.40. The number of hydrazone groups is 1. The summed E-state index contributed by atoms with van der Waals surface area (Å²) < 4.78 is 5.05. The molecule has 20 heavy (non-hydrogen) atoms. The van der Waals surface area contributed by atoms with E-state index in [1.165, 1.54) is 6.26 Å². The lowest BCUT2D eigenvalue weighted by Gasteiger charge is -2.31. The van der Waals surface area contributed by atoms with E-state index in [0.717, 1.165) is 18.6 Å². The van der Waals surface area contributed by atoms with Gasteiger partial charge in [-0.3, -0.25) is 9.59 Å². The standard InChI is InChI=1S/C14H15N3O3/c18-13(15-8-10-4-2-6-20-10)14(19)17-16-12-7-9-3-1-5-11(9)12/h1-4,6,9,11H,5,7-8H2,(H,15,18)(H,17,19)/b16-12+/t9-,11-/m0/s1. The van der Waals surface area contributed by atoms with E-state index in [0.29, 0.717) is 17.6 Å². The van der Waals surface area contributed by atoms with E-state index in [4.69, 9.17) is 4.42 Å². The van der Waals surface area contributed by atoms with Crippen molar-refractivity contribution in [2.75, 3.05) is 0 Å². The summed E-state index contributed by atoms with van der Waals surface area (Å²) in [5.41, 5.74) is 3.27. The third-order valence-electron chi connectivity index (χ3n) is 3.67. The van der Waals surface area contributed by atoms with Gasteiger partial charge in [-0.15, -0.1) is 0 Å². The number of furan rings is 1. The molecule has 0 spiro atoms. The van der Waals surface area contributed by atoms with Gasteiger partial charge in [-0.2, -0.15) is 5.10 Å². The molecule has 0 saturated heterocycles. The third kappa shape index (κ3) is 2.49. The van der Waals surface area contributed by atoms with Crippen LogP contribution in [0, 0.1) is 11.8 Å². The van der Waals surface area contributed by atoms with Crippen molar-refractivity contribution >= 4 is 17.5 Å². The first-order valence-electron chi connectivity index (χ1n) is 6.57. The van der Waals surface area contributed by atoms with Crippen LogP contribution in [-0.2, 0) is 16.1 Å². The predicted molar refractivity (Wildman–Crippen MR) is 71.5 cm³/mol. The first-order chi connectivity index (χ1) is 9.74. The fourth-order valence-corrected chi connectivity index (χ4v) is 2.50. The highest BCUT2D eigenvalue weighted by Gasteiger charge is 2.38. The first-order valence-corrected chi connectivity index (χ1v) is 6.57. The van der Waals surface area contributed by atoms with Crippen molar-refractivity contribution in [3.8, 4) is 0 Å². The summed E-state index contributed by atoms with van der Waals surface area (Å²) in [6.45, 7) is 0.185. The van der Waals surface area contributed by atoms with Crippen LogP contribution in [0.2, 0.25) is 0 Å². The molecule has 104 valence electrons. The molecule has 0 aliphatic heterocycles. The summed E-state index contributed by atoms with van der Waals surface area (Å²) in [6, 6.07) is 3.44. The topological polar surface area (TPSA) is 83.7 Å². The van der Waals surface area contributed by atoms with Gasteiger partial charge in [0.25, 0.3) is 0 Å². The van der Waals surface area contributed by atoms with Gasteiger partial charge in [0.15, 0.2) is 0 Å². The monoisotopic (exact) mass is 273 g/mol. The number of carbonyl (C=O) groups is 2. The Morgan fingerprint density at radius 2 is 2.30 bits per heavy atom. The molecule has 0 radical (unpaired) electrons. The van der Waals surface area contributed by atoms with E-state index in [2.05, 4.69) is 28.0 Å². The number of fused-ring (bicyclic) bond motifs is 1. The van der Waals surface area contributed by atoms with Gasteiger partial charge < -0.3 is 9.73 Å². The molecular weight excluding hydrogens is 258 g/mol. The second-order valence-electron chi connectivity index (χ2n) is 4.94. The molecule has 2 atom stereocenters. The van der Waals surface area contributed by atoms with Gasteiger partial charge >= 0.3 is 11.8 Å². The summed E-state index contributed by atoms with van der Waals surface area (Å²) in [4.78, 5) is 23.1. The van der Waals surface area contributed by atoms with Crippen molar-refractivity contribution in [2.24, 2.45) is 16.9 Å². The van der Waals surface area contributed by atoms with E-state index >= 15 is 0 Å². The largest absolute Gasteiger partial charge is 0.467 e. The lowest BCUT2D eigenvalue weighted by atomic mass is 9.74. The molecule has 2 aliphatic carbocycles. The summed E-state index contributed by atoms with van der Waals surface area (Å²) in [5.74, 6) is 0.112. The van der Waals surface area contributed by atoms with Gasteiger partial charge in [-0.25, -0.2) is 5.43 Å². The lowest BCUT2D eigenvalue weighted by molar-refractivity contribution is -0.139. The van der Waals surface area contributed by atoms with Gasteiger partial charge in [0.05, 0.1) is 12.8 Å². The average Bonchev–Trinajstić information content (AvgIpc) is 3.06. The van der Waals surface area contributed by atoms with Crippen molar-refractivity contribution in [3.63, 3.8) is 0 Å². The second-order valence-corrected chi connectivity index (χ2v) is 4.94. The quantitative estimate of drug-likeness (QED) is 0.489. The number of rotatable bonds is 3. The molecule has 1 heterocycles. The Bertz CT molecular complexity index is 574. The van der Waals surface area contributed by atoms with Crippen LogP contribution in [0.25, 0.3) is 0 Å².